The van der Waals surface area contributed by atoms with E-state index in [-0.39, 0.29) is 10.1 Å². The van der Waals surface area contributed by atoms with Gasteiger partial charge in [-0.25, -0.2) is 13.0 Å². The van der Waals surface area contributed by atoms with Crippen LogP contribution in [-0.4, -0.2) is 16.2 Å². The Labute approximate surface area is 110 Å². The Morgan fingerprint density at radius 3 is 2.61 bits per heavy atom. The van der Waals surface area contributed by atoms with Crippen LogP contribution in [0.4, 0.5) is 8.78 Å². The topological polar surface area (TPSA) is 72.2 Å². The first-order chi connectivity index (χ1) is 8.32. The van der Waals surface area contributed by atoms with E-state index in [0.29, 0.717) is 17.8 Å². The van der Waals surface area contributed by atoms with Crippen LogP contribution in [-0.2, 0) is 15.8 Å². The highest BCUT2D eigenvalue weighted by Gasteiger charge is 2.22. The molecule has 0 saturated heterocycles. The standard InChI is InChI=1S/C10H14F2N2O2S2/c1-5(2)3-7(13)9(15)14-18(16)10-8(12)6(11)4-17-10/h4-5,7H,3,13H2,1-2H3,(H,14,15)/t7-,18+/m1/s1. The van der Waals surface area contributed by atoms with E-state index in [1.165, 1.54) is 0 Å². The number of nitrogens with one attached hydrogen (secondary N) is 1. The van der Waals surface area contributed by atoms with Gasteiger partial charge in [0.05, 0.1) is 6.04 Å². The molecule has 0 unspecified atom stereocenters. The van der Waals surface area contributed by atoms with Gasteiger partial charge in [-0.15, -0.1) is 11.3 Å². The second kappa shape index (κ2) is 6.35. The summed E-state index contributed by atoms with van der Waals surface area (Å²) in [4.78, 5) is 11.5. The van der Waals surface area contributed by atoms with Crippen molar-refractivity contribution in [3.8, 4) is 0 Å². The summed E-state index contributed by atoms with van der Waals surface area (Å²) in [5.74, 6) is -2.72. The van der Waals surface area contributed by atoms with E-state index in [1.807, 2.05) is 13.8 Å². The molecule has 1 aromatic heterocycles. The van der Waals surface area contributed by atoms with Crippen LogP contribution in [0.15, 0.2) is 9.59 Å². The van der Waals surface area contributed by atoms with Crippen molar-refractivity contribution >= 4 is 28.2 Å². The lowest BCUT2D eigenvalue weighted by molar-refractivity contribution is -0.120. The van der Waals surface area contributed by atoms with Gasteiger partial charge in [-0.2, -0.15) is 0 Å². The molecule has 4 nitrogen and oxygen atoms in total. The molecule has 0 radical (unpaired) electrons. The van der Waals surface area contributed by atoms with E-state index < -0.39 is 34.6 Å². The van der Waals surface area contributed by atoms with Crippen LogP contribution in [0.1, 0.15) is 20.3 Å². The lowest BCUT2D eigenvalue weighted by atomic mass is 10.0. The quantitative estimate of drug-likeness (QED) is 0.865. The minimum atomic E-state index is -2.12. The molecule has 0 bridgehead atoms. The summed E-state index contributed by atoms with van der Waals surface area (Å²) in [5, 5.41) is 0.892. The summed E-state index contributed by atoms with van der Waals surface area (Å²) in [6.07, 6.45) is 0.421. The Morgan fingerprint density at radius 1 is 1.56 bits per heavy atom. The lowest BCUT2D eigenvalue weighted by Crippen LogP contribution is -2.42. The van der Waals surface area contributed by atoms with Crippen molar-refractivity contribution in [2.75, 3.05) is 0 Å². The molecule has 1 aromatic rings. The van der Waals surface area contributed by atoms with Crippen LogP contribution in [0, 0.1) is 17.6 Å². The Bertz CT molecular complexity index is 463. The van der Waals surface area contributed by atoms with Gasteiger partial charge in [-0.05, 0) is 12.3 Å². The van der Waals surface area contributed by atoms with E-state index in [0.717, 1.165) is 5.38 Å². The molecule has 102 valence electrons. The SMILES string of the molecule is CC(C)C[C@@H](N)C(=O)N[S@@](=O)c1scc(F)c1F. The average Bonchev–Trinajstić information content (AvgIpc) is 2.58. The van der Waals surface area contributed by atoms with Gasteiger partial charge in [0.25, 0.3) is 0 Å². The number of thiophene rings is 1. The second-order valence-electron chi connectivity index (χ2n) is 4.16. The molecule has 0 spiro atoms. The van der Waals surface area contributed by atoms with Crippen molar-refractivity contribution in [3.63, 3.8) is 0 Å². The Balaban J connectivity index is 2.65. The Kier molecular flexibility index (Phi) is 5.36. The fourth-order valence-corrected chi connectivity index (χ4v) is 3.08. The summed E-state index contributed by atoms with van der Waals surface area (Å²) in [6, 6.07) is -0.818. The molecule has 0 saturated carbocycles. The monoisotopic (exact) mass is 296 g/mol. The predicted octanol–water partition coefficient (Wildman–Crippen LogP) is 1.54. The van der Waals surface area contributed by atoms with Gasteiger partial charge in [0, 0.05) is 5.38 Å². The zero-order chi connectivity index (χ0) is 13.9. The van der Waals surface area contributed by atoms with Crippen LogP contribution >= 0.6 is 11.3 Å². The molecule has 3 N–H and O–H groups in total. The number of hydrogen-bond acceptors (Lipinski definition) is 4. The number of amides is 1. The molecule has 18 heavy (non-hydrogen) atoms. The summed E-state index contributed by atoms with van der Waals surface area (Å²) in [7, 11) is -2.12. The van der Waals surface area contributed by atoms with Crippen LogP contribution in [0.5, 0.6) is 0 Å². The maximum absolute atomic E-state index is 13.1. The van der Waals surface area contributed by atoms with Crippen LogP contribution < -0.4 is 10.5 Å². The third kappa shape index (κ3) is 3.82. The predicted molar refractivity (Wildman–Crippen MR) is 66.2 cm³/mol. The number of carbonyl (C=O) groups is 1. The fourth-order valence-electron chi connectivity index (χ4n) is 1.26. The molecule has 2 atom stereocenters. The number of nitrogens with two attached hydrogens (primary N) is 1. The fraction of sp³-hybridized carbons (Fsp3) is 0.500. The summed E-state index contributed by atoms with van der Waals surface area (Å²) in [5.41, 5.74) is 5.58. The summed E-state index contributed by atoms with van der Waals surface area (Å²) < 4.78 is 39.2. The van der Waals surface area contributed by atoms with Crippen molar-refractivity contribution in [1.29, 1.82) is 0 Å². The number of hydrogen-bond donors (Lipinski definition) is 2. The Morgan fingerprint density at radius 2 is 2.17 bits per heavy atom. The number of carbonyl (C=O) groups excluding carboxylic acids is 1. The van der Waals surface area contributed by atoms with Crippen LogP contribution in [0.3, 0.4) is 0 Å². The first-order valence-corrected chi connectivity index (χ1v) is 7.26. The zero-order valence-electron chi connectivity index (χ0n) is 9.91. The van der Waals surface area contributed by atoms with E-state index in [1.54, 1.807) is 0 Å². The van der Waals surface area contributed by atoms with Gasteiger partial charge in [0.1, 0.15) is 0 Å². The first kappa shape index (κ1) is 15.2. The van der Waals surface area contributed by atoms with Gasteiger partial charge >= 0.3 is 0 Å². The lowest BCUT2D eigenvalue weighted by Gasteiger charge is -2.13. The molecule has 8 heteroatoms. The van der Waals surface area contributed by atoms with Gasteiger partial charge in [-0.1, -0.05) is 13.8 Å². The van der Waals surface area contributed by atoms with Crippen LogP contribution in [0.25, 0.3) is 0 Å². The average molecular weight is 296 g/mol. The minimum Gasteiger partial charge on any atom is -0.320 e. The normalized spacial score (nSPS) is 14.6. The molecule has 0 aliphatic rings. The molecule has 1 rings (SSSR count). The van der Waals surface area contributed by atoms with E-state index in [9.17, 15) is 17.8 Å². The van der Waals surface area contributed by atoms with Gasteiger partial charge < -0.3 is 5.73 Å². The van der Waals surface area contributed by atoms with Crippen molar-refractivity contribution in [1.82, 2.24) is 4.72 Å². The van der Waals surface area contributed by atoms with Crippen LogP contribution in [0.2, 0.25) is 0 Å². The number of rotatable bonds is 5. The Hall–Kier alpha value is -0.860. The second-order valence-corrected chi connectivity index (χ2v) is 6.44. The van der Waals surface area contributed by atoms with Gasteiger partial charge in [0.15, 0.2) is 26.8 Å². The van der Waals surface area contributed by atoms with E-state index in [2.05, 4.69) is 4.72 Å². The van der Waals surface area contributed by atoms with E-state index in [4.69, 9.17) is 5.73 Å². The van der Waals surface area contributed by atoms with Crippen molar-refractivity contribution < 1.29 is 17.8 Å². The first-order valence-electron chi connectivity index (χ1n) is 5.23. The zero-order valence-corrected chi connectivity index (χ0v) is 11.5. The third-order valence-electron chi connectivity index (χ3n) is 2.08. The van der Waals surface area contributed by atoms with Crippen molar-refractivity contribution in [3.05, 3.63) is 17.0 Å². The molecular weight excluding hydrogens is 282 g/mol. The highest BCUT2D eigenvalue weighted by Crippen LogP contribution is 2.22. The highest BCUT2D eigenvalue weighted by atomic mass is 32.2. The molecule has 0 aliphatic heterocycles. The molecule has 1 heterocycles. The molecular formula is C10H14F2N2O2S2. The molecule has 0 aliphatic carbocycles. The minimum absolute atomic E-state index is 0.204. The van der Waals surface area contributed by atoms with E-state index >= 15 is 0 Å². The van der Waals surface area contributed by atoms with Gasteiger partial charge in [-0.3, -0.25) is 9.52 Å². The largest absolute Gasteiger partial charge is 0.320 e. The number of halogens is 2. The third-order valence-corrected chi connectivity index (χ3v) is 4.45. The summed E-state index contributed by atoms with van der Waals surface area (Å²) >= 11 is 0.646. The van der Waals surface area contributed by atoms with Gasteiger partial charge in [0.2, 0.25) is 5.91 Å². The maximum Gasteiger partial charge on any atom is 0.248 e. The maximum atomic E-state index is 13.1. The van der Waals surface area contributed by atoms with Crippen molar-refractivity contribution in [2.45, 2.75) is 30.5 Å². The smallest absolute Gasteiger partial charge is 0.248 e. The summed E-state index contributed by atoms with van der Waals surface area (Å²) in [6.45, 7) is 3.77. The highest BCUT2D eigenvalue weighted by molar-refractivity contribution is 7.86. The molecule has 1 amide bonds. The molecule has 0 aromatic carbocycles. The molecule has 0 fully saturated rings. The van der Waals surface area contributed by atoms with Crippen molar-refractivity contribution in [2.24, 2.45) is 11.7 Å².